The van der Waals surface area contributed by atoms with Crippen LogP contribution in [-0.2, 0) is 0 Å². The third kappa shape index (κ3) is 2.13. The highest BCUT2D eigenvalue weighted by Gasteiger charge is 2.03. The summed E-state index contributed by atoms with van der Waals surface area (Å²) in [7, 11) is 0. The van der Waals surface area contributed by atoms with E-state index in [-0.39, 0.29) is 5.91 Å². The van der Waals surface area contributed by atoms with Crippen LogP contribution >= 0.6 is 34.4 Å². The molecule has 1 aromatic rings. The molecular weight excluding hydrogens is 285 g/mol. The highest BCUT2D eigenvalue weighted by molar-refractivity contribution is 14.1. The molecular formula is C8H8INOS. The van der Waals surface area contributed by atoms with E-state index in [1.54, 1.807) is 23.9 Å². The van der Waals surface area contributed by atoms with Gasteiger partial charge in [-0.05, 0) is 47.0 Å². The number of primary amides is 1. The molecule has 0 saturated heterocycles. The number of carbonyl (C=O) groups excluding carboxylic acids is 1. The number of hydrogen-bond donors (Lipinski definition) is 1. The predicted octanol–water partition coefficient (Wildman–Crippen LogP) is 2.11. The van der Waals surface area contributed by atoms with Crippen molar-refractivity contribution >= 4 is 40.3 Å². The van der Waals surface area contributed by atoms with Crippen molar-refractivity contribution in [3.05, 3.63) is 27.3 Å². The Hall–Kier alpha value is -0.230. The lowest BCUT2D eigenvalue weighted by atomic mass is 10.2. The van der Waals surface area contributed by atoms with Gasteiger partial charge in [-0.15, -0.1) is 11.8 Å². The van der Waals surface area contributed by atoms with Crippen LogP contribution in [0.15, 0.2) is 23.1 Å². The summed E-state index contributed by atoms with van der Waals surface area (Å²) in [5.41, 5.74) is 5.69. The second kappa shape index (κ2) is 4.13. The highest BCUT2D eigenvalue weighted by atomic mass is 127. The van der Waals surface area contributed by atoms with E-state index in [2.05, 4.69) is 22.6 Å². The van der Waals surface area contributed by atoms with Crippen molar-refractivity contribution in [1.29, 1.82) is 0 Å². The zero-order valence-corrected chi connectivity index (χ0v) is 9.48. The quantitative estimate of drug-likeness (QED) is 0.670. The molecule has 4 heteroatoms. The number of hydrogen-bond acceptors (Lipinski definition) is 2. The van der Waals surface area contributed by atoms with E-state index in [4.69, 9.17) is 5.73 Å². The molecule has 0 radical (unpaired) electrons. The van der Waals surface area contributed by atoms with Gasteiger partial charge in [0.25, 0.3) is 0 Å². The lowest BCUT2D eigenvalue weighted by molar-refractivity contribution is 0.1000. The van der Waals surface area contributed by atoms with Gasteiger partial charge in [0.05, 0.1) is 0 Å². The van der Waals surface area contributed by atoms with Crippen molar-refractivity contribution in [2.24, 2.45) is 5.73 Å². The van der Waals surface area contributed by atoms with Gasteiger partial charge in [0.15, 0.2) is 0 Å². The first kappa shape index (κ1) is 9.85. The van der Waals surface area contributed by atoms with Gasteiger partial charge in [-0.2, -0.15) is 0 Å². The molecule has 0 atom stereocenters. The van der Waals surface area contributed by atoms with Crippen molar-refractivity contribution < 1.29 is 4.79 Å². The number of thioether (sulfide) groups is 1. The summed E-state index contributed by atoms with van der Waals surface area (Å²) in [4.78, 5) is 11.9. The van der Waals surface area contributed by atoms with Gasteiger partial charge in [-0.1, -0.05) is 0 Å². The molecule has 0 heterocycles. The number of amides is 1. The zero-order valence-electron chi connectivity index (χ0n) is 6.50. The van der Waals surface area contributed by atoms with Crippen LogP contribution in [0.5, 0.6) is 0 Å². The first-order chi connectivity index (χ1) is 5.65. The second-order valence-corrected chi connectivity index (χ2v) is 4.22. The van der Waals surface area contributed by atoms with Crippen LogP contribution in [0.1, 0.15) is 10.4 Å². The minimum atomic E-state index is -0.374. The Morgan fingerprint density at radius 3 is 2.67 bits per heavy atom. The fourth-order valence-electron chi connectivity index (χ4n) is 0.820. The van der Waals surface area contributed by atoms with Gasteiger partial charge in [0.1, 0.15) is 0 Å². The number of nitrogens with two attached hydrogens (primary N) is 1. The molecule has 0 unspecified atom stereocenters. The maximum Gasteiger partial charge on any atom is 0.248 e. The molecule has 0 fully saturated rings. The van der Waals surface area contributed by atoms with E-state index >= 15 is 0 Å². The van der Waals surface area contributed by atoms with Gasteiger partial charge in [0, 0.05) is 14.0 Å². The van der Waals surface area contributed by atoms with Gasteiger partial charge >= 0.3 is 0 Å². The topological polar surface area (TPSA) is 43.1 Å². The first-order valence-electron chi connectivity index (χ1n) is 3.28. The van der Waals surface area contributed by atoms with E-state index in [1.807, 2.05) is 12.3 Å². The minimum absolute atomic E-state index is 0.374. The van der Waals surface area contributed by atoms with E-state index in [0.29, 0.717) is 5.56 Å². The fourth-order valence-corrected chi connectivity index (χ4v) is 2.45. The van der Waals surface area contributed by atoms with E-state index in [1.165, 1.54) is 4.90 Å². The fraction of sp³-hybridized carbons (Fsp3) is 0.125. The van der Waals surface area contributed by atoms with E-state index < -0.39 is 0 Å². The van der Waals surface area contributed by atoms with Crippen molar-refractivity contribution in [3.8, 4) is 0 Å². The van der Waals surface area contributed by atoms with Gasteiger partial charge in [0.2, 0.25) is 5.91 Å². The number of carbonyl (C=O) groups is 1. The highest BCUT2D eigenvalue weighted by Crippen LogP contribution is 2.22. The van der Waals surface area contributed by atoms with Gasteiger partial charge in [-0.25, -0.2) is 0 Å². The molecule has 0 aromatic heterocycles. The Labute approximate surface area is 89.0 Å². The minimum Gasteiger partial charge on any atom is -0.366 e. The van der Waals surface area contributed by atoms with Crippen LogP contribution in [0.3, 0.4) is 0 Å². The SMILES string of the molecule is CSc1ccc(C(N)=O)cc1I. The summed E-state index contributed by atoms with van der Waals surface area (Å²) in [5, 5.41) is 0. The summed E-state index contributed by atoms with van der Waals surface area (Å²) in [6.07, 6.45) is 2.00. The molecule has 0 spiro atoms. The lowest BCUT2D eigenvalue weighted by Gasteiger charge is -2.01. The Morgan fingerprint density at radius 2 is 2.25 bits per heavy atom. The van der Waals surface area contributed by atoms with Crippen LogP contribution in [-0.4, -0.2) is 12.2 Å². The summed E-state index contributed by atoms with van der Waals surface area (Å²) in [6.45, 7) is 0. The van der Waals surface area contributed by atoms with Crippen molar-refractivity contribution in [2.45, 2.75) is 4.90 Å². The van der Waals surface area contributed by atoms with E-state index in [0.717, 1.165) is 3.57 Å². The molecule has 12 heavy (non-hydrogen) atoms. The third-order valence-corrected chi connectivity index (χ3v) is 3.49. The van der Waals surface area contributed by atoms with Crippen LogP contribution < -0.4 is 5.73 Å². The number of rotatable bonds is 2. The Morgan fingerprint density at radius 1 is 1.58 bits per heavy atom. The predicted molar refractivity (Wildman–Crippen MR) is 59.5 cm³/mol. The summed E-state index contributed by atoms with van der Waals surface area (Å²) < 4.78 is 1.07. The molecule has 0 aliphatic rings. The standard InChI is InChI=1S/C8H8INOS/c1-12-7-3-2-5(8(10)11)4-6(7)9/h2-4H,1H3,(H2,10,11). The van der Waals surface area contributed by atoms with Crippen molar-refractivity contribution in [1.82, 2.24) is 0 Å². The van der Waals surface area contributed by atoms with Gasteiger partial charge < -0.3 is 5.73 Å². The van der Waals surface area contributed by atoms with Crippen LogP contribution in [0.2, 0.25) is 0 Å². The monoisotopic (exact) mass is 293 g/mol. The molecule has 0 aliphatic carbocycles. The Kier molecular flexibility index (Phi) is 3.39. The molecule has 1 amide bonds. The van der Waals surface area contributed by atoms with Crippen LogP contribution in [0.4, 0.5) is 0 Å². The normalized spacial score (nSPS) is 9.83. The van der Waals surface area contributed by atoms with Crippen molar-refractivity contribution in [2.75, 3.05) is 6.26 Å². The summed E-state index contributed by atoms with van der Waals surface area (Å²) >= 11 is 3.85. The maximum atomic E-state index is 10.8. The molecule has 1 rings (SSSR count). The zero-order chi connectivity index (χ0) is 9.14. The number of halogens is 1. The maximum absolute atomic E-state index is 10.8. The van der Waals surface area contributed by atoms with Crippen LogP contribution in [0.25, 0.3) is 0 Å². The van der Waals surface area contributed by atoms with Crippen molar-refractivity contribution in [3.63, 3.8) is 0 Å². The first-order valence-corrected chi connectivity index (χ1v) is 5.59. The average molecular weight is 293 g/mol. The number of benzene rings is 1. The molecule has 0 aliphatic heterocycles. The van der Waals surface area contributed by atoms with Crippen LogP contribution in [0, 0.1) is 3.57 Å². The molecule has 2 N–H and O–H groups in total. The molecule has 0 saturated carbocycles. The molecule has 0 bridgehead atoms. The smallest absolute Gasteiger partial charge is 0.248 e. The third-order valence-electron chi connectivity index (χ3n) is 1.44. The molecule has 64 valence electrons. The largest absolute Gasteiger partial charge is 0.366 e. The summed E-state index contributed by atoms with van der Waals surface area (Å²) in [5.74, 6) is -0.374. The Balaban J connectivity index is 3.10. The molecule has 2 nitrogen and oxygen atoms in total. The molecule has 1 aromatic carbocycles. The summed E-state index contributed by atoms with van der Waals surface area (Å²) in [6, 6.07) is 5.46. The second-order valence-electron chi connectivity index (χ2n) is 2.21. The van der Waals surface area contributed by atoms with Gasteiger partial charge in [-0.3, -0.25) is 4.79 Å². The average Bonchev–Trinajstić information content (AvgIpc) is 2.04. The van der Waals surface area contributed by atoms with E-state index in [9.17, 15) is 4.79 Å². The Bertz CT molecular complexity index is 314. The lowest BCUT2D eigenvalue weighted by Crippen LogP contribution is -2.10.